The van der Waals surface area contributed by atoms with Crippen LogP contribution < -0.4 is 15.8 Å². The van der Waals surface area contributed by atoms with Crippen molar-refractivity contribution in [2.24, 2.45) is 5.73 Å². The van der Waals surface area contributed by atoms with Crippen LogP contribution in [0.25, 0.3) is 0 Å². The van der Waals surface area contributed by atoms with Crippen LogP contribution in [-0.2, 0) is 14.8 Å². The minimum absolute atomic E-state index is 0.0998. The van der Waals surface area contributed by atoms with Gasteiger partial charge in [0.2, 0.25) is 15.9 Å². The van der Waals surface area contributed by atoms with Crippen LogP contribution in [0.5, 0.6) is 0 Å². The zero-order valence-corrected chi connectivity index (χ0v) is 12.8. The second-order valence-electron chi connectivity index (χ2n) is 5.01. The van der Waals surface area contributed by atoms with E-state index in [1.807, 2.05) is 6.92 Å². The first-order valence-electron chi connectivity index (χ1n) is 6.37. The Morgan fingerprint density at radius 1 is 1.30 bits per heavy atom. The van der Waals surface area contributed by atoms with Crippen LogP contribution in [0.15, 0.2) is 29.2 Å². The highest BCUT2D eigenvalue weighted by molar-refractivity contribution is 7.89. The Balaban J connectivity index is 3.15. The monoisotopic (exact) mass is 299 g/mol. The van der Waals surface area contributed by atoms with E-state index in [-0.39, 0.29) is 4.90 Å². The second-order valence-corrected chi connectivity index (χ2v) is 6.74. The Labute approximate surface area is 119 Å². The molecule has 0 unspecified atom stereocenters. The highest BCUT2D eigenvalue weighted by Crippen LogP contribution is 2.24. The first kappa shape index (κ1) is 16.5. The van der Waals surface area contributed by atoms with Gasteiger partial charge in [-0.05, 0) is 32.4 Å². The lowest BCUT2D eigenvalue weighted by Gasteiger charge is -2.25. The van der Waals surface area contributed by atoms with E-state index in [0.717, 1.165) is 0 Å². The highest BCUT2D eigenvalue weighted by atomic mass is 32.2. The van der Waals surface area contributed by atoms with Crippen LogP contribution in [0.2, 0.25) is 0 Å². The maximum absolute atomic E-state index is 12.2. The average Bonchev–Trinajstić information content (AvgIpc) is 2.36. The SMILES string of the molecule is CCCNS(=O)(=O)c1ccccc1NC(C)(C)C(N)=O. The minimum Gasteiger partial charge on any atom is -0.371 e. The molecule has 1 aromatic rings. The summed E-state index contributed by atoms with van der Waals surface area (Å²) in [5.41, 5.74) is 4.59. The largest absolute Gasteiger partial charge is 0.371 e. The Morgan fingerprint density at radius 2 is 1.90 bits per heavy atom. The number of hydrogen-bond acceptors (Lipinski definition) is 4. The molecule has 0 atom stereocenters. The number of carbonyl (C=O) groups excluding carboxylic acids is 1. The van der Waals surface area contributed by atoms with Crippen molar-refractivity contribution in [3.8, 4) is 0 Å². The lowest BCUT2D eigenvalue weighted by molar-refractivity contribution is -0.121. The number of amides is 1. The van der Waals surface area contributed by atoms with E-state index in [1.165, 1.54) is 6.07 Å². The van der Waals surface area contributed by atoms with Gasteiger partial charge in [0.15, 0.2) is 0 Å². The smallest absolute Gasteiger partial charge is 0.242 e. The Morgan fingerprint density at radius 3 is 2.45 bits per heavy atom. The van der Waals surface area contributed by atoms with Crippen LogP contribution >= 0.6 is 0 Å². The van der Waals surface area contributed by atoms with Crippen LogP contribution in [0.1, 0.15) is 27.2 Å². The number of anilines is 1. The number of nitrogens with one attached hydrogen (secondary N) is 2. The van der Waals surface area contributed by atoms with Crippen molar-refractivity contribution in [1.82, 2.24) is 4.72 Å². The van der Waals surface area contributed by atoms with Crippen molar-refractivity contribution in [3.63, 3.8) is 0 Å². The molecule has 112 valence electrons. The summed E-state index contributed by atoms with van der Waals surface area (Å²) < 4.78 is 26.9. The topological polar surface area (TPSA) is 101 Å². The Bertz CT molecular complexity index is 582. The van der Waals surface area contributed by atoms with Crippen molar-refractivity contribution in [3.05, 3.63) is 24.3 Å². The summed E-state index contributed by atoms with van der Waals surface area (Å²) >= 11 is 0. The van der Waals surface area contributed by atoms with Gasteiger partial charge in [-0.3, -0.25) is 4.79 Å². The van der Waals surface area contributed by atoms with Gasteiger partial charge in [-0.1, -0.05) is 19.1 Å². The molecule has 20 heavy (non-hydrogen) atoms. The predicted octanol–water partition coefficient (Wildman–Crippen LogP) is 1.05. The van der Waals surface area contributed by atoms with Crippen LogP contribution in [0, 0.1) is 0 Å². The molecule has 0 fully saturated rings. The summed E-state index contributed by atoms with van der Waals surface area (Å²) in [5, 5.41) is 2.88. The number of hydrogen-bond donors (Lipinski definition) is 3. The second kappa shape index (κ2) is 6.23. The summed E-state index contributed by atoms with van der Waals surface area (Å²) in [7, 11) is -3.62. The summed E-state index contributed by atoms with van der Waals surface area (Å²) in [5.74, 6) is -0.564. The number of sulfonamides is 1. The summed E-state index contributed by atoms with van der Waals surface area (Å²) in [4.78, 5) is 11.5. The average molecular weight is 299 g/mol. The molecule has 0 spiro atoms. The summed E-state index contributed by atoms with van der Waals surface area (Å²) in [6, 6.07) is 6.41. The third-order valence-corrected chi connectivity index (χ3v) is 4.30. The van der Waals surface area contributed by atoms with Gasteiger partial charge >= 0.3 is 0 Å². The molecule has 0 saturated heterocycles. The molecule has 0 aliphatic heterocycles. The van der Waals surface area contributed by atoms with Crippen molar-refractivity contribution in [1.29, 1.82) is 0 Å². The number of benzene rings is 1. The van der Waals surface area contributed by atoms with Crippen LogP contribution in [0.4, 0.5) is 5.69 Å². The van der Waals surface area contributed by atoms with Crippen molar-refractivity contribution in [2.45, 2.75) is 37.6 Å². The highest BCUT2D eigenvalue weighted by Gasteiger charge is 2.27. The Kier molecular flexibility index (Phi) is 5.13. The van der Waals surface area contributed by atoms with Gasteiger partial charge in [0.25, 0.3) is 0 Å². The number of rotatable bonds is 7. The third-order valence-electron chi connectivity index (χ3n) is 2.78. The molecule has 1 amide bonds. The molecular weight excluding hydrogens is 278 g/mol. The first-order chi connectivity index (χ1) is 9.20. The summed E-state index contributed by atoms with van der Waals surface area (Å²) in [6.45, 7) is 5.43. The lowest BCUT2D eigenvalue weighted by Crippen LogP contribution is -2.45. The summed E-state index contributed by atoms with van der Waals surface area (Å²) in [6.07, 6.45) is 0.696. The number of nitrogens with two attached hydrogens (primary N) is 1. The van der Waals surface area contributed by atoms with E-state index >= 15 is 0 Å². The van der Waals surface area contributed by atoms with Gasteiger partial charge in [-0.25, -0.2) is 13.1 Å². The van der Waals surface area contributed by atoms with Gasteiger partial charge in [0.1, 0.15) is 10.4 Å². The number of para-hydroxylation sites is 1. The fraction of sp³-hybridized carbons (Fsp3) is 0.462. The van der Waals surface area contributed by atoms with Crippen molar-refractivity contribution >= 4 is 21.6 Å². The molecule has 0 heterocycles. The van der Waals surface area contributed by atoms with Gasteiger partial charge in [-0.2, -0.15) is 0 Å². The molecule has 7 heteroatoms. The molecule has 1 rings (SSSR count). The molecule has 0 aromatic heterocycles. The molecular formula is C13H21N3O3S. The van der Waals surface area contributed by atoms with E-state index in [9.17, 15) is 13.2 Å². The quantitative estimate of drug-likeness (QED) is 0.700. The van der Waals surface area contributed by atoms with E-state index < -0.39 is 21.5 Å². The molecule has 0 aliphatic rings. The predicted molar refractivity (Wildman–Crippen MR) is 78.8 cm³/mol. The molecule has 0 radical (unpaired) electrons. The number of primary amides is 1. The maximum Gasteiger partial charge on any atom is 0.242 e. The fourth-order valence-corrected chi connectivity index (χ4v) is 2.81. The zero-order valence-electron chi connectivity index (χ0n) is 11.9. The van der Waals surface area contributed by atoms with Gasteiger partial charge < -0.3 is 11.1 Å². The van der Waals surface area contributed by atoms with E-state index in [2.05, 4.69) is 10.0 Å². The lowest BCUT2D eigenvalue weighted by atomic mass is 10.0. The van der Waals surface area contributed by atoms with E-state index in [1.54, 1.807) is 32.0 Å². The van der Waals surface area contributed by atoms with Crippen LogP contribution in [0.3, 0.4) is 0 Å². The molecule has 0 aliphatic carbocycles. The Hall–Kier alpha value is -1.60. The normalized spacial score (nSPS) is 12.2. The van der Waals surface area contributed by atoms with Gasteiger partial charge in [0, 0.05) is 6.54 Å². The van der Waals surface area contributed by atoms with E-state index in [4.69, 9.17) is 5.73 Å². The van der Waals surface area contributed by atoms with Crippen molar-refractivity contribution in [2.75, 3.05) is 11.9 Å². The fourth-order valence-electron chi connectivity index (χ4n) is 1.52. The van der Waals surface area contributed by atoms with Crippen LogP contribution in [-0.4, -0.2) is 26.4 Å². The zero-order chi connectivity index (χ0) is 15.4. The molecule has 0 saturated carbocycles. The minimum atomic E-state index is -3.62. The first-order valence-corrected chi connectivity index (χ1v) is 7.86. The molecule has 6 nitrogen and oxygen atoms in total. The van der Waals surface area contributed by atoms with Gasteiger partial charge in [0.05, 0.1) is 5.69 Å². The standard InChI is InChI=1S/C13H21N3O3S/c1-4-9-15-20(18,19)11-8-6-5-7-10(11)16-13(2,3)12(14)17/h5-8,15-16H,4,9H2,1-3H3,(H2,14,17). The molecule has 1 aromatic carbocycles. The van der Waals surface area contributed by atoms with Gasteiger partial charge in [-0.15, -0.1) is 0 Å². The maximum atomic E-state index is 12.2. The molecule has 0 bridgehead atoms. The van der Waals surface area contributed by atoms with Crippen molar-refractivity contribution < 1.29 is 13.2 Å². The molecule has 4 N–H and O–H groups in total. The van der Waals surface area contributed by atoms with E-state index in [0.29, 0.717) is 18.7 Å². The third kappa shape index (κ3) is 3.94. The number of carbonyl (C=O) groups is 1.